The minimum Gasteiger partial charge on any atom is -0.493 e. The first-order valence-corrected chi connectivity index (χ1v) is 11.6. The summed E-state index contributed by atoms with van der Waals surface area (Å²) in [5, 5.41) is 12.8. The van der Waals surface area contributed by atoms with Crippen LogP contribution < -0.4 is 14.8 Å². The van der Waals surface area contributed by atoms with Gasteiger partial charge in [-0.15, -0.1) is 11.3 Å². The van der Waals surface area contributed by atoms with Gasteiger partial charge in [0.15, 0.2) is 21.5 Å². The highest BCUT2D eigenvalue weighted by molar-refractivity contribution is 7.15. The number of halogens is 1. The second-order valence-corrected chi connectivity index (χ2v) is 8.79. The predicted octanol–water partition coefficient (Wildman–Crippen LogP) is 4.49. The molecule has 1 heterocycles. The normalized spacial score (nSPS) is 11.5. The molecule has 2 aromatic rings. The second kappa shape index (κ2) is 13.7. The third-order valence-electron chi connectivity index (χ3n) is 4.43. The molecule has 0 radical (unpaired) electrons. The van der Waals surface area contributed by atoms with Crippen LogP contribution in [0.5, 0.6) is 11.5 Å². The minimum absolute atomic E-state index is 0.0448. The number of allylic oxidation sites excluding steroid dienone is 1. The number of hydrogen-bond acceptors (Lipinski definition) is 9. The van der Waals surface area contributed by atoms with Crippen LogP contribution in [-0.2, 0) is 27.4 Å². The average Bonchev–Trinajstić information content (AvgIpc) is 3.22. The molecule has 0 aliphatic rings. The first kappa shape index (κ1) is 26.5. The SMILES string of the molecule is CCOCCOC(=O)/C(C#N)=C(\NCc1ccc(OCc2cnc(Cl)s2)c(OC)c1)C(C)C. The van der Waals surface area contributed by atoms with Gasteiger partial charge in [-0.25, -0.2) is 9.78 Å². The summed E-state index contributed by atoms with van der Waals surface area (Å²) < 4.78 is 22.1. The summed E-state index contributed by atoms with van der Waals surface area (Å²) >= 11 is 7.21. The summed E-state index contributed by atoms with van der Waals surface area (Å²) in [6.07, 6.45) is 1.67. The van der Waals surface area contributed by atoms with E-state index in [1.54, 1.807) is 13.3 Å². The zero-order valence-electron chi connectivity index (χ0n) is 19.1. The highest BCUT2D eigenvalue weighted by atomic mass is 35.5. The van der Waals surface area contributed by atoms with Crippen molar-refractivity contribution in [3.8, 4) is 17.6 Å². The van der Waals surface area contributed by atoms with Gasteiger partial charge in [0.2, 0.25) is 0 Å². The Morgan fingerprint density at radius 3 is 2.70 bits per heavy atom. The maximum Gasteiger partial charge on any atom is 0.350 e. The van der Waals surface area contributed by atoms with Crippen molar-refractivity contribution in [2.24, 2.45) is 5.92 Å². The molecule has 0 saturated carbocycles. The van der Waals surface area contributed by atoms with Gasteiger partial charge in [-0.1, -0.05) is 31.5 Å². The van der Waals surface area contributed by atoms with Gasteiger partial charge in [0.25, 0.3) is 0 Å². The number of esters is 1. The molecule has 0 aliphatic carbocycles. The summed E-state index contributed by atoms with van der Waals surface area (Å²) in [7, 11) is 1.56. The molecule has 0 saturated heterocycles. The fraction of sp³-hybridized carbons (Fsp3) is 0.435. The van der Waals surface area contributed by atoms with Crippen molar-refractivity contribution in [1.29, 1.82) is 5.26 Å². The molecule has 178 valence electrons. The molecule has 0 fully saturated rings. The molecule has 8 nitrogen and oxygen atoms in total. The number of nitriles is 1. The number of aromatic nitrogens is 1. The molecule has 0 amide bonds. The van der Waals surface area contributed by atoms with Crippen molar-refractivity contribution < 1.29 is 23.7 Å². The molecule has 0 bridgehead atoms. The number of carbonyl (C=O) groups is 1. The van der Waals surface area contributed by atoms with Gasteiger partial charge in [0.1, 0.15) is 19.3 Å². The average molecular weight is 494 g/mol. The lowest BCUT2D eigenvalue weighted by Crippen LogP contribution is -2.23. The van der Waals surface area contributed by atoms with E-state index in [-0.39, 0.29) is 24.7 Å². The third kappa shape index (κ3) is 8.24. The molecule has 1 aromatic heterocycles. The summed E-state index contributed by atoms with van der Waals surface area (Å²) in [6, 6.07) is 7.50. The highest BCUT2D eigenvalue weighted by Crippen LogP contribution is 2.30. The lowest BCUT2D eigenvalue weighted by molar-refractivity contribution is -0.140. The quantitative estimate of drug-likeness (QED) is 0.188. The fourth-order valence-electron chi connectivity index (χ4n) is 2.84. The van der Waals surface area contributed by atoms with Crippen LogP contribution in [0.4, 0.5) is 0 Å². The number of benzene rings is 1. The summed E-state index contributed by atoms with van der Waals surface area (Å²) in [5.41, 5.74) is 1.36. The number of rotatable bonds is 13. The van der Waals surface area contributed by atoms with Crippen molar-refractivity contribution in [1.82, 2.24) is 10.3 Å². The molecular formula is C23H28ClN3O5S. The standard InChI is InChI=1S/C23H28ClN3O5S/c1-5-30-8-9-31-22(28)18(11-25)21(15(2)3)26-12-16-6-7-19(20(10-16)29-4)32-14-17-13-27-23(24)33-17/h6-7,10,13,15,26H,5,8-9,12,14H2,1-4H3/b21-18-. The Kier molecular flexibility index (Phi) is 11.0. The van der Waals surface area contributed by atoms with Crippen molar-refractivity contribution in [2.75, 3.05) is 26.9 Å². The summed E-state index contributed by atoms with van der Waals surface area (Å²) in [4.78, 5) is 17.3. The molecule has 10 heteroatoms. The van der Waals surface area contributed by atoms with Gasteiger partial charge in [-0.2, -0.15) is 5.26 Å². The van der Waals surface area contributed by atoms with E-state index in [9.17, 15) is 10.1 Å². The van der Waals surface area contributed by atoms with Crippen LogP contribution in [0.2, 0.25) is 4.47 Å². The van der Waals surface area contributed by atoms with E-state index in [1.807, 2.05) is 45.0 Å². The van der Waals surface area contributed by atoms with Crippen LogP contribution >= 0.6 is 22.9 Å². The van der Waals surface area contributed by atoms with E-state index in [0.29, 0.717) is 41.4 Å². The van der Waals surface area contributed by atoms with Gasteiger partial charge in [-0.3, -0.25) is 0 Å². The number of ether oxygens (including phenoxy) is 4. The van der Waals surface area contributed by atoms with Crippen molar-refractivity contribution in [3.63, 3.8) is 0 Å². The lowest BCUT2D eigenvalue weighted by atomic mass is 10.0. The molecule has 0 spiro atoms. The Morgan fingerprint density at radius 2 is 2.09 bits per heavy atom. The maximum atomic E-state index is 12.4. The highest BCUT2D eigenvalue weighted by Gasteiger charge is 2.19. The molecule has 1 N–H and O–H groups in total. The van der Waals surface area contributed by atoms with E-state index >= 15 is 0 Å². The van der Waals surface area contributed by atoms with Gasteiger partial charge in [0, 0.05) is 25.0 Å². The van der Waals surface area contributed by atoms with E-state index in [1.165, 1.54) is 11.3 Å². The molecule has 33 heavy (non-hydrogen) atoms. The zero-order valence-corrected chi connectivity index (χ0v) is 20.7. The summed E-state index contributed by atoms with van der Waals surface area (Å²) in [6.45, 7) is 7.28. The largest absolute Gasteiger partial charge is 0.493 e. The van der Waals surface area contributed by atoms with E-state index in [4.69, 9.17) is 30.5 Å². The topological polar surface area (TPSA) is 103 Å². The van der Waals surface area contributed by atoms with Crippen LogP contribution in [0.3, 0.4) is 0 Å². The van der Waals surface area contributed by atoms with E-state index in [0.717, 1.165) is 10.4 Å². The Bertz CT molecular complexity index is 1000. The molecular weight excluding hydrogens is 466 g/mol. The molecule has 2 rings (SSSR count). The number of nitrogens with zero attached hydrogens (tertiary/aromatic N) is 2. The van der Waals surface area contributed by atoms with Crippen molar-refractivity contribution in [2.45, 2.75) is 33.9 Å². The van der Waals surface area contributed by atoms with Crippen LogP contribution in [-0.4, -0.2) is 37.9 Å². The zero-order chi connectivity index (χ0) is 24.2. The molecule has 1 aromatic carbocycles. The second-order valence-electron chi connectivity index (χ2n) is 7.09. The fourth-order valence-corrected chi connectivity index (χ4v) is 3.74. The third-order valence-corrected chi connectivity index (χ3v) is 5.52. The Morgan fingerprint density at radius 1 is 1.30 bits per heavy atom. The number of methoxy groups -OCH3 is 1. The van der Waals surface area contributed by atoms with Crippen LogP contribution in [0.15, 0.2) is 35.7 Å². The van der Waals surface area contributed by atoms with Gasteiger partial charge in [-0.05, 0) is 30.5 Å². The Balaban J connectivity index is 2.08. The first-order valence-electron chi connectivity index (χ1n) is 10.4. The van der Waals surface area contributed by atoms with Crippen LogP contribution in [0.1, 0.15) is 31.2 Å². The molecule has 0 unspecified atom stereocenters. The monoisotopic (exact) mass is 493 g/mol. The van der Waals surface area contributed by atoms with Crippen LogP contribution in [0.25, 0.3) is 0 Å². The van der Waals surface area contributed by atoms with Crippen LogP contribution in [0, 0.1) is 17.2 Å². The number of carbonyl (C=O) groups excluding carboxylic acids is 1. The van der Waals surface area contributed by atoms with Crippen molar-refractivity contribution in [3.05, 3.63) is 50.6 Å². The summed E-state index contributed by atoms with van der Waals surface area (Å²) in [5.74, 6) is 0.393. The number of thiazole rings is 1. The number of hydrogen-bond donors (Lipinski definition) is 1. The van der Waals surface area contributed by atoms with Gasteiger partial charge in [0.05, 0.1) is 18.6 Å². The Hall–Kier alpha value is -2.80. The lowest BCUT2D eigenvalue weighted by Gasteiger charge is -2.17. The molecule has 0 aliphatic heterocycles. The Labute approximate surface area is 203 Å². The number of nitrogens with one attached hydrogen (secondary N) is 1. The molecule has 0 atom stereocenters. The predicted molar refractivity (Wildman–Crippen MR) is 126 cm³/mol. The maximum absolute atomic E-state index is 12.4. The first-order chi connectivity index (χ1) is 15.9. The van der Waals surface area contributed by atoms with E-state index < -0.39 is 5.97 Å². The van der Waals surface area contributed by atoms with Gasteiger partial charge < -0.3 is 24.3 Å². The smallest absolute Gasteiger partial charge is 0.350 e. The van der Waals surface area contributed by atoms with Crippen molar-refractivity contribution >= 4 is 28.9 Å². The van der Waals surface area contributed by atoms with Gasteiger partial charge >= 0.3 is 5.97 Å². The minimum atomic E-state index is -0.669. The van der Waals surface area contributed by atoms with E-state index in [2.05, 4.69) is 10.3 Å².